The Morgan fingerprint density at radius 2 is 1.86 bits per heavy atom. The molecule has 3 aliphatic rings. The smallest absolute Gasteiger partial charge is 0.319 e. The standard InChI is InChI=1S/C33H35F2N7O/c1-21(36)17-23-19-41(14-6-13-37-23)31-25-18-38-29(24-9-2-7-22-8-3-10-26(34)27(22)24)28(35)30(25)39-32(40-31)43-20-33-11-4-15-42(33)16-5-12-33/h2-3,7-10,17-18,36-37H,4-6,11-16,19-20H2,1H3/b23-17-,36-21?. The monoisotopic (exact) mass is 583 g/mol. The Morgan fingerprint density at radius 3 is 2.65 bits per heavy atom. The maximum Gasteiger partial charge on any atom is 0.319 e. The number of nitrogens with one attached hydrogen (secondary N) is 2. The van der Waals surface area contributed by atoms with Crippen molar-refractivity contribution in [1.82, 2.24) is 25.2 Å². The van der Waals surface area contributed by atoms with Gasteiger partial charge in [0.1, 0.15) is 29.5 Å². The lowest BCUT2D eigenvalue weighted by atomic mass is 9.95. The van der Waals surface area contributed by atoms with Crippen LogP contribution in [-0.4, -0.2) is 70.4 Å². The van der Waals surface area contributed by atoms with Crippen molar-refractivity contribution in [2.45, 2.75) is 44.6 Å². The van der Waals surface area contributed by atoms with E-state index >= 15 is 8.78 Å². The van der Waals surface area contributed by atoms with Crippen LogP contribution in [-0.2, 0) is 0 Å². The lowest BCUT2D eigenvalue weighted by molar-refractivity contribution is 0.108. The zero-order valence-corrected chi connectivity index (χ0v) is 24.3. The molecule has 8 nitrogen and oxygen atoms in total. The number of anilines is 1. The predicted molar refractivity (Wildman–Crippen MR) is 165 cm³/mol. The quantitative estimate of drug-likeness (QED) is 0.275. The van der Waals surface area contributed by atoms with Crippen molar-refractivity contribution in [2.75, 3.05) is 44.2 Å². The fourth-order valence-corrected chi connectivity index (χ4v) is 7.07. The molecule has 2 aromatic carbocycles. The summed E-state index contributed by atoms with van der Waals surface area (Å²) in [5.41, 5.74) is 1.81. The van der Waals surface area contributed by atoms with Gasteiger partial charge in [0.25, 0.3) is 0 Å². The highest BCUT2D eigenvalue weighted by atomic mass is 19.1. The number of hydrogen-bond acceptors (Lipinski definition) is 8. The van der Waals surface area contributed by atoms with E-state index in [9.17, 15) is 0 Å². The Morgan fingerprint density at radius 1 is 1.07 bits per heavy atom. The fourth-order valence-electron chi connectivity index (χ4n) is 7.07. The van der Waals surface area contributed by atoms with Gasteiger partial charge in [-0.05, 0) is 69.6 Å². The molecular formula is C33H35F2N7O. The highest BCUT2D eigenvalue weighted by Crippen LogP contribution is 2.40. The molecule has 0 atom stereocenters. The van der Waals surface area contributed by atoms with Crippen LogP contribution in [0.15, 0.2) is 54.4 Å². The van der Waals surface area contributed by atoms with E-state index in [1.54, 1.807) is 49.5 Å². The van der Waals surface area contributed by atoms with Crippen LogP contribution < -0.4 is 15.0 Å². The van der Waals surface area contributed by atoms with Crippen LogP contribution in [0.5, 0.6) is 6.01 Å². The van der Waals surface area contributed by atoms with Crippen molar-refractivity contribution in [3.63, 3.8) is 0 Å². The third kappa shape index (κ3) is 5.07. The molecular weight excluding hydrogens is 548 g/mol. The highest BCUT2D eigenvalue weighted by molar-refractivity contribution is 5.99. The first-order chi connectivity index (χ1) is 20.9. The zero-order valence-electron chi connectivity index (χ0n) is 24.3. The number of rotatable bonds is 6. The average molecular weight is 584 g/mol. The summed E-state index contributed by atoms with van der Waals surface area (Å²) in [6, 6.07) is 10.2. The van der Waals surface area contributed by atoms with Gasteiger partial charge in [0.2, 0.25) is 0 Å². The maximum atomic E-state index is 16.6. The van der Waals surface area contributed by atoms with Gasteiger partial charge in [0, 0.05) is 41.6 Å². The molecule has 4 aromatic rings. The molecule has 3 aliphatic heterocycles. The molecule has 0 unspecified atom stereocenters. The van der Waals surface area contributed by atoms with Gasteiger partial charge in [0.15, 0.2) is 5.82 Å². The summed E-state index contributed by atoms with van der Waals surface area (Å²) in [4.78, 5) is 18.6. The van der Waals surface area contributed by atoms with Crippen molar-refractivity contribution in [1.29, 1.82) is 5.41 Å². The van der Waals surface area contributed by atoms with Crippen molar-refractivity contribution in [3.8, 4) is 17.3 Å². The number of hydrogen-bond donors (Lipinski definition) is 2. The highest BCUT2D eigenvalue weighted by Gasteiger charge is 2.45. The minimum absolute atomic E-state index is 0.0230. The summed E-state index contributed by atoms with van der Waals surface area (Å²) in [6.07, 6.45) is 8.64. The third-order valence-electron chi connectivity index (χ3n) is 9.04. The number of nitrogens with zero attached hydrogens (tertiary/aromatic N) is 5. The van der Waals surface area contributed by atoms with Crippen molar-refractivity contribution < 1.29 is 13.5 Å². The summed E-state index contributed by atoms with van der Waals surface area (Å²) < 4.78 is 38.0. The van der Waals surface area contributed by atoms with E-state index in [2.05, 4.69) is 25.1 Å². The van der Waals surface area contributed by atoms with E-state index in [4.69, 9.17) is 15.1 Å². The molecule has 43 heavy (non-hydrogen) atoms. The van der Waals surface area contributed by atoms with Gasteiger partial charge in [-0.2, -0.15) is 9.97 Å². The Labute approximate surface area is 249 Å². The van der Waals surface area contributed by atoms with E-state index in [1.807, 2.05) is 0 Å². The predicted octanol–water partition coefficient (Wildman–Crippen LogP) is 5.85. The summed E-state index contributed by atoms with van der Waals surface area (Å²) in [5.74, 6) is -0.537. The van der Waals surface area contributed by atoms with Gasteiger partial charge < -0.3 is 20.4 Å². The molecule has 0 bridgehead atoms. The molecule has 0 aliphatic carbocycles. The molecule has 0 spiro atoms. The number of fused-ring (bicyclic) bond motifs is 3. The van der Waals surface area contributed by atoms with Crippen LogP contribution >= 0.6 is 0 Å². The van der Waals surface area contributed by atoms with Gasteiger partial charge in [0.05, 0.1) is 17.5 Å². The molecule has 2 aromatic heterocycles. The first kappa shape index (κ1) is 27.6. The first-order valence-electron chi connectivity index (χ1n) is 15.1. The minimum atomic E-state index is -0.637. The summed E-state index contributed by atoms with van der Waals surface area (Å²) >= 11 is 0. The van der Waals surface area contributed by atoms with Gasteiger partial charge in [-0.1, -0.05) is 30.3 Å². The molecule has 7 rings (SSSR count). The van der Waals surface area contributed by atoms with E-state index in [-0.39, 0.29) is 22.8 Å². The fraction of sp³-hybridized carbons (Fsp3) is 0.394. The lowest BCUT2D eigenvalue weighted by Crippen LogP contribution is -2.43. The summed E-state index contributed by atoms with van der Waals surface area (Å²) in [5, 5.41) is 12.8. The number of allylic oxidation sites excluding steroid dienone is 1. The number of ether oxygens (including phenoxy) is 1. The first-order valence-corrected chi connectivity index (χ1v) is 15.1. The van der Waals surface area contributed by atoms with Crippen LogP contribution in [0.25, 0.3) is 32.9 Å². The number of aromatic nitrogens is 3. The van der Waals surface area contributed by atoms with Crippen LogP contribution in [0.4, 0.5) is 14.6 Å². The minimum Gasteiger partial charge on any atom is -0.461 e. The van der Waals surface area contributed by atoms with E-state index < -0.39 is 11.6 Å². The van der Waals surface area contributed by atoms with Gasteiger partial charge in [-0.25, -0.2) is 8.78 Å². The largest absolute Gasteiger partial charge is 0.461 e. The van der Waals surface area contributed by atoms with E-state index in [1.165, 1.54) is 6.07 Å². The van der Waals surface area contributed by atoms with Gasteiger partial charge >= 0.3 is 6.01 Å². The number of benzene rings is 2. The second kappa shape index (κ2) is 11.1. The van der Waals surface area contributed by atoms with Crippen LogP contribution in [0.1, 0.15) is 39.0 Å². The van der Waals surface area contributed by atoms with Crippen molar-refractivity contribution >= 4 is 33.2 Å². The van der Waals surface area contributed by atoms with Gasteiger partial charge in [-0.3, -0.25) is 9.88 Å². The number of halogens is 2. The third-order valence-corrected chi connectivity index (χ3v) is 9.04. The van der Waals surface area contributed by atoms with Crippen LogP contribution in [0, 0.1) is 17.0 Å². The molecule has 0 amide bonds. The summed E-state index contributed by atoms with van der Waals surface area (Å²) in [6.45, 7) is 6.22. The normalized spacial score (nSPS) is 19.5. The van der Waals surface area contributed by atoms with E-state index in [0.717, 1.165) is 57.4 Å². The average Bonchev–Trinajstić information content (AvgIpc) is 3.49. The Hall–Kier alpha value is -4.18. The molecule has 3 saturated heterocycles. The maximum absolute atomic E-state index is 16.6. The Balaban J connectivity index is 1.36. The lowest BCUT2D eigenvalue weighted by Gasteiger charge is -2.31. The molecule has 0 saturated carbocycles. The van der Waals surface area contributed by atoms with Crippen LogP contribution in [0.2, 0.25) is 0 Å². The topological polar surface area (TPSA) is 90.3 Å². The summed E-state index contributed by atoms with van der Waals surface area (Å²) in [7, 11) is 0. The Bertz CT molecular complexity index is 1740. The number of pyridine rings is 1. The molecule has 5 heterocycles. The van der Waals surface area contributed by atoms with Gasteiger partial charge in [-0.15, -0.1) is 0 Å². The molecule has 10 heteroatoms. The second-order valence-corrected chi connectivity index (χ2v) is 11.9. The molecule has 2 N–H and O–H groups in total. The van der Waals surface area contributed by atoms with E-state index in [0.29, 0.717) is 52.9 Å². The van der Waals surface area contributed by atoms with Crippen molar-refractivity contribution in [3.05, 3.63) is 66.0 Å². The molecule has 222 valence electrons. The van der Waals surface area contributed by atoms with Crippen LogP contribution in [0.3, 0.4) is 0 Å². The zero-order chi connectivity index (χ0) is 29.6. The molecule has 3 fully saturated rings. The SMILES string of the molecule is CC(=N)/C=C1/CN(c2nc(OCC34CCCN3CCC4)nc3c(F)c(-c4cccc5cccc(F)c45)ncc23)CCCN1. The van der Waals surface area contributed by atoms with Crippen molar-refractivity contribution in [2.24, 2.45) is 0 Å². The Kier molecular flexibility index (Phi) is 7.17. The second-order valence-electron chi connectivity index (χ2n) is 11.9. The molecule has 0 radical (unpaired) electrons.